The molecule has 40 heavy (non-hydrogen) atoms. The summed E-state index contributed by atoms with van der Waals surface area (Å²) in [6, 6.07) is 18.6. The monoisotopic (exact) mass is 532 g/mol. The standard InChI is InChI=1S/C34H32N2O4/c1-5-19-11-9-12-20(6-2)29(19)35-31(37)23-15-17-25-28-26(18-16-24(27(23)28)32(35)38)34(40)36(33(25)39)30-21(7-3)13-10-14-22(30)8-4/h9-18,31,37H,5-8H2,1-4H3. The number of anilines is 2. The van der Waals surface area contributed by atoms with Crippen LogP contribution in [0.1, 0.15) is 92.8 Å². The van der Waals surface area contributed by atoms with Gasteiger partial charge in [-0.25, -0.2) is 4.90 Å². The van der Waals surface area contributed by atoms with Gasteiger partial charge in [-0.2, -0.15) is 0 Å². The lowest BCUT2D eigenvalue weighted by molar-refractivity contribution is 0.0865. The molecule has 0 aromatic heterocycles. The zero-order chi connectivity index (χ0) is 28.3. The molecule has 6 rings (SSSR count). The Morgan fingerprint density at radius 1 is 0.575 bits per heavy atom. The lowest BCUT2D eigenvalue weighted by Gasteiger charge is -2.38. The summed E-state index contributed by atoms with van der Waals surface area (Å²) < 4.78 is 0. The zero-order valence-electron chi connectivity index (χ0n) is 23.2. The second-order valence-corrected chi connectivity index (χ2v) is 10.4. The van der Waals surface area contributed by atoms with Gasteiger partial charge in [0.2, 0.25) is 0 Å². The number of benzene rings is 4. The van der Waals surface area contributed by atoms with Crippen LogP contribution in [0.15, 0.2) is 60.7 Å². The molecular formula is C34H32N2O4. The highest BCUT2D eigenvalue weighted by molar-refractivity contribution is 6.38. The Morgan fingerprint density at radius 2 is 1.00 bits per heavy atom. The molecule has 0 fully saturated rings. The first-order chi connectivity index (χ1) is 19.4. The third-order valence-corrected chi connectivity index (χ3v) is 8.43. The van der Waals surface area contributed by atoms with E-state index in [0.717, 1.165) is 27.9 Å². The zero-order valence-corrected chi connectivity index (χ0v) is 23.2. The third kappa shape index (κ3) is 3.49. The van der Waals surface area contributed by atoms with Crippen molar-refractivity contribution in [3.05, 3.63) is 105 Å². The first-order valence-corrected chi connectivity index (χ1v) is 14.1. The Labute approximate surface area is 233 Å². The van der Waals surface area contributed by atoms with E-state index in [9.17, 15) is 19.5 Å². The summed E-state index contributed by atoms with van der Waals surface area (Å²) in [4.78, 5) is 44.9. The minimum atomic E-state index is -1.25. The summed E-state index contributed by atoms with van der Waals surface area (Å²) in [5.74, 6) is -1.16. The van der Waals surface area contributed by atoms with Gasteiger partial charge >= 0.3 is 0 Å². The molecule has 2 aliphatic rings. The van der Waals surface area contributed by atoms with Crippen molar-refractivity contribution in [3.63, 3.8) is 0 Å². The molecule has 202 valence electrons. The van der Waals surface area contributed by atoms with Crippen LogP contribution in [0.25, 0.3) is 10.8 Å². The molecule has 0 saturated carbocycles. The van der Waals surface area contributed by atoms with Gasteiger partial charge < -0.3 is 5.11 Å². The van der Waals surface area contributed by atoms with Gasteiger partial charge in [-0.1, -0.05) is 70.2 Å². The van der Waals surface area contributed by atoms with E-state index in [0.29, 0.717) is 64.4 Å². The molecule has 6 heteroatoms. The Kier molecular flexibility index (Phi) is 6.31. The van der Waals surface area contributed by atoms with Gasteiger partial charge in [0.15, 0.2) is 6.23 Å². The van der Waals surface area contributed by atoms with Crippen molar-refractivity contribution in [3.8, 4) is 0 Å². The van der Waals surface area contributed by atoms with Gasteiger partial charge in [0, 0.05) is 33.0 Å². The van der Waals surface area contributed by atoms with Crippen molar-refractivity contribution < 1.29 is 19.5 Å². The van der Waals surface area contributed by atoms with E-state index in [2.05, 4.69) is 0 Å². The van der Waals surface area contributed by atoms with Crippen molar-refractivity contribution in [2.75, 3.05) is 9.80 Å². The summed E-state index contributed by atoms with van der Waals surface area (Å²) in [5.41, 5.74) is 6.80. The maximum Gasteiger partial charge on any atom is 0.266 e. The average molecular weight is 533 g/mol. The number of hydrogen-bond acceptors (Lipinski definition) is 4. The number of imide groups is 1. The molecule has 6 nitrogen and oxygen atoms in total. The fourth-order valence-corrected chi connectivity index (χ4v) is 6.44. The number of rotatable bonds is 6. The first-order valence-electron chi connectivity index (χ1n) is 14.1. The summed E-state index contributed by atoms with van der Waals surface area (Å²) in [6.45, 7) is 8.08. The molecule has 4 aromatic rings. The molecule has 1 N–H and O–H groups in total. The Hall–Kier alpha value is -4.29. The van der Waals surface area contributed by atoms with E-state index in [-0.39, 0.29) is 5.91 Å². The Balaban J connectivity index is 1.56. The molecule has 0 bridgehead atoms. The molecular weight excluding hydrogens is 500 g/mol. The van der Waals surface area contributed by atoms with Crippen LogP contribution >= 0.6 is 0 Å². The summed E-state index contributed by atoms with van der Waals surface area (Å²) in [7, 11) is 0. The number of aliphatic hydroxyl groups is 1. The Morgan fingerprint density at radius 3 is 1.48 bits per heavy atom. The molecule has 2 aliphatic heterocycles. The summed E-state index contributed by atoms with van der Waals surface area (Å²) in [5, 5.41) is 12.6. The van der Waals surface area contributed by atoms with Gasteiger partial charge in [0.05, 0.1) is 11.4 Å². The fourth-order valence-electron chi connectivity index (χ4n) is 6.44. The van der Waals surface area contributed by atoms with Crippen molar-refractivity contribution >= 4 is 39.9 Å². The third-order valence-electron chi connectivity index (χ3n) is 8.43. The van der Waals surface area contributed by atoms with Gasteiger partial charge in [0.1, 0.15) is 0 Å². The molecule has 3 amide bonds. The van der Waals surface area contributed by atoms with Crippen LogP contribution in [0.4, 0.5) is 11.4 Å². The van der Waals surface area contributed by atoms with Gasteiger partial charge in [0.25, 0.3) is 17.7 Å². The highest BCUT2D eigenvalue weighted by Crippen LogP contribution is 2.45. The molecule has 0 saturated heterocycles. The van der Waals surface area contributed by atoms with E-state index in [1.54, 1.807) is 24.3 Å². The number of aryl methyl sites for hydroxylation is 4. The number of carbonyl (C=O) groups is 3. The summed E-state index contributed by atoms with van der Waals surface area (Å²) >= 11 is 0. The number of nitrogens with zero attached hydrogens (tertiary/aromatic N) is 2. The minimum absolute atomic E-state index is 0.341. The van der Waals surface area contributed by atoms with Gasteiger partial charge in [-0.05, 0) is 66.1 Å². The normalized spacial score (nSPS) is 16.3. The van der Waals surface area contributed by atoms with E-state index >= 15 is 0 Å². The minimum Gasteiger partial charge on any atom is -0.369 e. The molecule has 0 radical (unpaired) electrons. The van der Waals surface area contributed by atoms with Crippen LogP contribution in [-0.2, 0) is 25.7 Å². The molecule has 2 heterocycles. The van der Waals surface area contributed by atoms with E-state index < -0.39 is 18.0 Å². The van der Waals surface area contributed by atoms with Crippen LogP contribution in [0.5, 0.6) is 0 Å². The highest BCUT2D eigenvalue weighted by atomic mass is 16.3. The number of aliphatic hydroxyl groups excluding tert-OH is 1. The topological polar surface area (TPSA) is 77.9 Å². The van der Waals surface area contributed by atoms with Crippen LogP contribution in [0, 0.1) is 0 Å². The first kappa shape index (κ1) is 26.0. The highest BCUT2D eigenvalue weighted by Gasteiger charge is 2.42. The SMILES string of the molecule is CCc1cccc(CC)c1N1C(=O)c2ccc3c4c(ccc(c24)C1=O)C(O)N(c1c(CC)cccc1CC)C3=O. The predicted octanol–water partition coefficient (Wildman–Crippen LogP) is 6.54. The number of hydrogen-bond donors (Lipinski definition) is 1. The van der Waals surface area contributed by atoms with Crippen LogP contribution in [-0.4, -0.2) is 22.8 Å². The maximum atomic E-state index is 14.1. The molecule has 0 aliphatic carbocycles. The van der Waals surface area contributed by atoms with Gasteiger partial charge in [-0.15, -0.1) is 0 Å². The van der Waals surface area contributed by atoms with Crippen molar-refractivity contribution in [2.45, 2.75) is 59.6 Å². The lowest BCUT2D eigenvalue weighted by atomic mass is 9.84. The second kappa shape index (κ2) is 9.72. The number of amides is 3. The van der Waals surface area contributed by atoms with E-state index in [4.69, 9.17) is 0 Å². The maximum absolute atomic E-state index is 14.1. The molecule has 1 atom stereocenters. The average Bonchev–Trinajstić information content (AvgIpc) is 2.98. The van der Waals surface area contributed by atoms with E-state index in [1.165, 1.54) is 9.80 Å². The smallest absolute Gasteiger partial charge is 0.266 e. The lowest BCUT2D eigenvalue weighted by Crippen LogP contribution is -2.43. The van der Waals surface area contributed by atoms with Crippen molar-refractivity contribution in [2.24, 2.45) is 0 Å². The van der Waals surface area contributed by atoms with E-state index in [1.807, 2.05) is 64.1 Å². The quantitative estimate of drug-likeness (QED) is 0.286. The van der Waals surface area contributed by atoms with Crippen LogP contribution in [0.2, 0.25) is 0 Å². The fraction of sp³-hybridized carbons (Fsp3) is 0.265. The van der Waals surface area contributed by atoms with Crippen molar-refractivity contribution in [1.29, 1.82) is 0 Å². The predicted molar refractivity (Wildman–Crippen MR) is 157 cm³/mol. The Bertz CT molecular complexity index is 1670. The van der Waals surface area contributed by atoms with Gasteiger partial charge in [-0.3, -0.25) is 19.3 Å². The summed E-state index contributed by atoms with van der Waals surface area (Å²) in [6.07, 6.45) is 1.51. The van der Waals surface area contributed by atoms with Crippen LogP contribution < -0.4 is 9.80 Å². The van der Waals surface area contributed by atoms with Crippen molar-refractivity contribution in [1.82, 2.24) is 0 Å². The molecule has 0 spiro atoms. The molecule has 1 unspecified atom stereocenters. The second-order valence-electron chi connectivity index (χ2n) is 10.4. The number of para-hydroxylation sites is 2. The number of carbonyl (C=O) groups excluding carboxylic acids is 3. The van der Waals surface area contributed by atoms with Crippen LogP contribution in [0.3, 0.4) is 0 Å². The molecule has 4 aromatic carbocycles. The largest absolute Gasteiger partial charge is 0.369 e.